The fourth-order valence-corrected chi connectivity index (χ4v) is 2.88. The first kappa shape index (κ1) is 16.2. The van der Waals surface area contributed by atoms with Gasteiger partial charge in [0.15, 0.2) is 5.82 Å². The summed E-state index contributed by atoms with van der Waals surface area (Å²) in [5, 5.41) is 14.4. The zero-order chi connectivity index (χ0) is 16.8. The van der Waals surface area contributed by atoms with E-state index in [9.17, 15) is 4.79 Å². The average molecular weight is 327 g/mol. The number of nitrogens with one attached hydrogen (secondary N) is 2. The van der Waals surface area contributed by atoms with Crippen LogP contribution in [0.3, 0.4) is 0 Å². The number of esters is 1. The van der Waals surface area contributed by atoms with Crippen LogP contribution in [0.2, 0.25) is 0 Å². The molecule has 7 heteroatoms. The van der Waals surface area contributed by atoms with E-state index in [-0.39, 0.29) is 0 Å². The Labute approximate surface area is 140 Å². The van der Waals surface area contributed by atoms with E-state index in [1.165, 1.54) is 26.4 Å². The number of para-hydroxylation sites is 1. The first-order valence-electron chi connectivity index (χ1n) is 8.17. The summed E-state index contributed by atoms with van der Waals surface area (Å²) in [5.41, 5.74) is 1.01. The largest absolute Gasteiger partial charge is 0.465 e. The van der Waals surface area contributed by atoms with Gasteiger partial charge < -0.3 is 15.4 Å². The summed E-state index contributed by atoms with van der Waals surface area (Å²) in [6, 6.07) is 7.50. The van der Waals surface area contributed by atoms with Gasteiger partial charge in [0.2, 0.25) is 5.95 Å². The highest BCUT2D eigenvalue weighted by Gasteiger charge is 2.15. The van der Waals surface area contributed by atoms with Crippen LogP contribution in [0, 0.1) is 0 Å². The van der Waals surface area contributed by atoms with Crippen LogP contribution in [0.5, 0.6) is 0 Å². The minimum absolute atomic E-state index is 0.340. The lowest BCUT2D eigenvalue weighted by atomic mass is 9.96. The van der Waals surface area contributed by atoms with E-state index in [0.717, 1.165) is 12.8 Å². The molecule has 1 heterocycles. The predicted molar refractivity (Wildman–Crippen MR) is 91.4 cm³/mol. The smallest absolute Gasteiger partial charge is 0.339 e. The number of rotatable bonds is 5. The molecule has 3 rings (SSSR count). The molecule has 0 saturated heterocycles. The van der Waals surface area contributed by atoms with Crippen molar-refractivity contribution < 1.29 is 9.53 Å². The number of aromatic nitrogens is 3. The minimum atomic E-state index is -0.414. The maximum absolute atomic E-state index is 11.8. The molecule has 7 nitrogen and oxygen atoms in total. The number of hydrogen-bond donors (Lipinski definition) is 2. The third-order valence-electron chi connectivity index (χ3n) is 4.09. The van der Waals surface area contributed by atoms with E-state index < -0.39 is 5.97 Å². The molecule has 1 aliphatic rings. The van der Waals surface area contributed by atoms with Gasteiger partial charge in [0.05, 0.1) is 24.6 Å². The second-order valence-corrected chi connectivity index (χ2v) is 5.81. The minimum Gasteiger partial charge on any atom is -0.465 e. The number of anilines is 3. The van der Waals surface area contributed by atoms with Crippen molar-refractivity contribution in [3.8, 4) is 0 Å². The monoisotopic (exact) mass is 327 g/mol. The highest BCUT2D eigenvalue weighted by molar-refractivity contribution is 5.96. The summed E-state index contributed by atoms with van der Waals surface area (Å²) >= 11 is 0. The van der Waals surface area contributed by atoms with Crippen LogP contribution in [-0.2, 0) is 4.74 Å². The van der Waals surface area contributed by atoms with Crippen molar-refractivity contribution >= 4 is 23.4 Å². The molecule has 0 unspecified atom stereocenters. The Kier molecular flexibility index (Phi) is 5.20. The molecule has 2 N–H and O–H groups in total. The van der Waals surface area contributed by atoms with E-state index in [0.29, 0.717) is 29.1 Å². The number of hydrogen-bond acceptors (Lipinski definition) is 7. The summed E-state index contributed by atoms with van der Waals surface area (Å²) < 4.78 is 4.79. The fraction of sp³-hybridized carbons (Fsp3) is 0.412. The van der Waals surface area contributed by atoms with Gasteiger partial charge in [-0.3, -0.25) is 0 Å². The Bertz CT molecular complexity index is 701. The number of benzene rings is 1. The van der Waals surface area contributed by atoms with Crippen LogP contribution >= 0.6 is 0 Å². The zero-order valence-electron chi connectivity index (χ0n) is 13.7. The van der Waals surface area contributed by atoms with Gasteiger partial charge in [-0.25, -0.2) is 4.79 Å². The van der Waals surface area contributed by atoms with Gasteiger partial charge in [0, 0.05) is 6.04 Å². The maximum Gasteiger partial charge on any atom is 0.339 e. The van der Waals surface area contributed by atoms with Crippen molar-refractivity contribution in [2.24, 2.45) is 0 Å². The lowest BCUT2D eigenvalue weighted by molar-refractivity contribution is 0.0602. The molecular formula is C17H21N5O2. The van der Waals surface area contributed by atoms with Crippen LogP contribution in [0.1, 0.15) is 42.5 Å². The van der Waals surface area contributed by atoms with Crippen molar-refractivity contribution in [3.63, 3.8) is 0 Å². The molecule has 1 aliphatic carbocycles. The molecule has 1 saturated carbocycles. The molecule has 1 aromatic heterocycles. The van der Waals surface area contributed by atoms with Crippen LogP contribution in [0.25, 0.3) is 0 Å². The van der Waals surface area contributed by atoms with Crippen LogP contribution in [-0.4, -0.2) is 34.3 Å². The van der Waals surface area contributed by atoms with Gasteiger partial charge in [-0.05, 0) is 25.0 Å². The topological polar surface area (TPSA) is 89.0 Å². The fourth-order valence-electron chi connectivity index (χ4n) is 2.88. The molecule has 0 spiro atoms. The third-order valence-corrected chi connectivity index (χ3v) is 4.09. The first-order valence-corrected chi connectivity index (χ1v) is 8.17. The molecule has 0 aliphatic heterocycles. The molecule has 24 heavy (non-hydrogen) atoms. The third kappa shape index (κ3) is 3.98. The van der Waals surface area contributed by atoms with Crippen LogP contribution in [0.15, 0.2) is 30.5 Å². The van der Waals surface area contributed by atoms with Crippen molar-refractivity contribution in [1.29, 1.82) is 0 Å². The van der Waals surface area contributed by atoms with Gasteiger partial charge in [0.25, 0.3) is 0 Å². The Morgan fingerprint density at radius 1 is 1.21 bits per heavy atom. The number of methoxy groups -OCH3 is 1. The molecule has 126 valence electrons. The van der Waals surface area contributed by atoms with E-state index in [2.05, 4.69) is 25.8 Å². The summed E-state index contributed by atoms with van der Waals surface area (Å²) in [4.78, 5) is 16.3. The molecular weight excluding hydrogens is 306 g/mol. The van der Waals surface area contributed by atoms with E-state index in [4.69, 9.17) is 4.74 Å². The predicted octanol–water partition coefficient (Wildman–Crippen LogP) is 3.15. The highest BCUT2D eigenvalue weighted by Crippen LogP contribution is 2.22. The number of nitrogens with zero attached hydrogens (tertiary/aromatic N) is 3. The summed E-state index contributed by atoms with van der Waals surface area (Å²) in [6.07, 6.45) is 7.71. The van der Waals surface area contributed by atoms with Crippen molar-refractivity contribution in [2.45, 2.75) is 38.1 Å². The van der Waals surface area contributed by atoms with Gasteiger partial charge >= 0.3 is 5.97 Å². The van der Waals surface area contributed by atoms with Crippen molar-refractivity contribution in [1.82, 2.24) is 15.2 Å². The first-order chi connectivity index (χ1) is 11.8. The number of carbonyl (C=O) groups is 1. The van der Waals surface area contributed by atoms with E-state index in [1.54, 1.807) is 24.4 Å². The average Bonchev–Trinajstić information content (AvgIpc) is 2.63. The molecule has 0 radical (unpaired) electrons. The van der Waals surface area contributed by atoms with Gasteiger partial charge in [-0.2, -0.15) is 10.1 Å². The molecule has 0 atom stereocenters. The Morgan fingerprint density at radius 3 is 2.79 bits per heavy atom. The Balaban J connectivity index is 1.74. The SMILES string of the molecule is COC(=O)c1ccccc1Nc1nncc(NC2CCCCC2)n1. The zero-order valence-corrected chi connectivity index (χ0v) is 13.7. The number of ether oxygens (including phenoxy) is 1. The van der Waals surface area contributed by atoms with Crippen LogP contribution in [0.4, 0.5) is 17.5 Å². The summed E-state index contributed by atoms with van der Waals surface area (Å²) in [6.45, 7) is 0. The van der Waals surface area contributed by atoms with Gasteiger partial charge in [-0.1, -0.05) is 31.4 Å². The molecule has 0 amide bonds. The van der Waals surface area contributed by atoms with E-state index >= 15 is 0 Å². The highest BCUT2D eigenvalue weighted by atomic mass is 16.5. The standard InChI is InChI=1S/C17H21N5O2/c1-24-16(23)13-9-5-6-10-14(13)20-17-21-15(11-18-22-17)19-12-7-3-2-4-8-12/h5-6,9-12H,2-4,7-8H2,1H3,(H2,19,20,21,22). The lowest BCUT2D eigenvalue weighted by Gasteiger charge is -2.23. The Morgan fingerprint density at radius 2 is 2.00 bits per heavy atom. The van der Waals surface area contributed by atoms with Gasteiger partial charge in [0.1, 0.15) is 0 Å². The van der Waals surface area contributed by atoms with Gasteiger partial charge in [-0.15, -0.1) is 5.10 Å². The Hall–Kier alpha value is -2.70. The molecule has 2 aromatic rings. The normalized spacial score (nSPS) is 14.9. The summed E-state index contributed by atoms with van der Waals surface area (Å²) in [7, 11) is 1.35. The molecule has 1 aromatic carbocycles. The molecule has 0 bridgehead atoms. The second kappa shape index (κ2) is 7.72. The number of carbonyl (C=O) groups excluding carboxylic acids is 1. The van der Waals surface area contributed by atoms with Crippen LogP contribution < -0.4 is 10.6 Å². The van der Waals surface area contributed by atoms with E-state index in [1.807, 2.05) is 6.07 Å². The van der Waals surface area contributed by atoms with Crippen molar-refractivity contribution in [2.75, 3.05) is 17.7 Å². The quantitative estimate of drug-likeness (QED) is 0.815. The molecule has 1 fully saturated rings. The summed E-state index contributed by atoms with van der Waals surface area (Å²) in [5.74, 6) is 0.615. The second-order valence-electron chi connectivity index (χ2n) is 5.81. The lowest BCUT2D eigenvalue weighted by Crippen LogP contribution is -2.23. The van der Waals surface area contributed by atoms with Crippen molar-refractivity contribution in [3.05, 3.63) is 36.0 Å². The maximum atomic E-state index is 11.8.